The minimum Gasteiger partial charge on any atom is -0.422 e. The van der Waals surface area contributed by atoms with Crippen LogP contribution in [0.2, 0.25) is 0 Å². The topological polar surface area (TPSA) is 93.1 Å². The molecule has 0 aromatic rings. The van der Waals surface area contributed by atoms with Crippen LogP contribution in [-0.2, 0) is 19.1 Å². The Morgan fingerprint density at radius 1 is 1.33 bits per heavy atom. The largest absolute Gasteiger partial charge is 0.422 e. The molecule has 88 valence electrons. The van der Waals surface area contributed by atoms with E-state index in [1.54, 1.807) is 6.92 Å². The summed E-state index contributed by atoms with van der Waals surface area (Å²) in [5.41, 5.74) is 0. The monoisotopic (exact) mass is 220 g/mol. The lowest BCUT2D eigenvalue weighted by Gasteiger charge is -2.20. The first-order valence-corrected chi connectivity index (χ1v) is 4.66. The lowest BCUT2D eigenvalue weighted by atomic mass is 10.3. The fraction of sp³-hybridized carbons (Fsp3) is 0.778. The normalized spacial score (nSPS) is 14.1. The fourth-order valence-corrected chi connectivity index (χ4v) is 0.823. The van der Waals surface area contributed by atoms with E-state index < -0.39 is 30.9 Å². The third-order valence-corrected chi connectivity index (χ3v) is 1.49. The molecule has 0 aliphatic carbocycles. The van der Waals surface area contributed by atoms with Gasteiger partial charge >= 0.3 is 11.9 Å². The van der Waals surface area contributed by atoms with E-state index in [0.29, 0.717) is 6.42 Å². The van der Waals surface area contributed by atoms with Gasteiger partial charge in [0.2, 0.25) is 0 Å². The predicted molar refractivity (Wildman–Crippen MR) is 49.6 cm³/mol. The van der Waals surface area contributed by atoms with Crippen molar-refractivity contribution >= 4 is 11.9 Å². The first kappa shape index (κ1) is 13.9. The number of hydrogen-bond acceptors (Lipinski definition) is 6. The van der Waals surface area contributed by atoms with Gasteiger partial charge < -0.3 is 19.7 Å². The van der Waals surface area contributed by atoms with Crippen molar-refractivity contribution in [2.24, 2.45) is 0 Å². The first-order chi connectivity index (χ1) is 7.01. The van der Waals surface area contributed by atoms with E-state index in [9.17, 15) is 14.7 Å². The minimum atomic E-state index is -1.44. The number of esters is 2. The van der Waals surface area contributed by atoms with Crippen molar-refractivity contribution in [3.8, 4) is 0 Å². The van der Waals surface area contributed by atoms with E-state index in [1.165, 1.54) is 0 Å². The molecule has 2 unspecified atom stereocenters. The van der Waals surface area contributed by atoms with Gasteiger partial charge in [-0.1, -0.05) is 6.92 Å². The van der Waals surface area contributed by atoms with Crippen molar-refractivity contribution in [1.82, 2.24) is 0 Å². The SMILES string of the molecule is CCCC(=O)OC(OC(C)=O)C(O)CO. The maximum Gasteiger partial charge on any atom is 0.308 e. The van der Waals surface area contributed by atoms with Crippen LogP contribution in [-0.4, -0.2) is 41.2 Å². The van der Waals surface area contributed by atoms with E-state index in [0.717, 1.165) is 6.92 Å². The van der Waals surface area contributed by atoms with Crippen LogP contribution in [0, 0.1) is 0 Å². The lowest BCUT2D eigenvalue weighted by molar-refractivity contribution is -0.208. The second-order valence-corrected chi connectivity index (χ2v) is 2.97. The molecule has 0 aromatic carbocycles. The maximum absolute atomic E-state index is 11.0. The Labute approximate surface area is 87.8 Å². The van der Waals surface area contributed by atoms with Crippen molar-refractivity contribution in [2.45, 2.75) is 39.1 Å². The van der Waals surface area contributed by atoms with Crippen molar-refractivity contribution < 1.29 is 29.3 Å². The zero-order chi connectivity index (χ0) is 11.8. The predicted octanol–water partition coefficient (Wildman–Crippen LogP) is -0.428. The summed E-state index contributed by atoms with van der Waals surface area (Å²) in [5, 5.41) is 17.8. The van der Waals surface area contributed by atoms with Crippen molar-refractivity contribution in [3.63, 3.8) is 0 Å². The molecule has 0 spiro atoms. The van der Waals surface area contributed by atoms with Gasteiger partial charge in [-0.05, 0) is 6.42 Å². The molecule has 0 radical (unpaired) electrons. The number of hydrogen-bond donors (Lipinski definition) is 2. The molecule has 6 nitrogen and oxygen atoms in total. The molecule has 0 saturated carbocycles. The smallest absolute Gasteiger partial charge is 0.308 e. The summed E-state index contributed by atoms with van der Waals surface area (Å²) >= 11 is 0. The Balaban J connectivity index is 4.23. The Hall–Kier alpha value is -1.14. The van der Waals surface area contributed by atoms with Crippen LogP contribution in [0.1, 0.15) is 26.7 Å². The van der Waals surface area contributed by atoms with Gasteiger partial charge in [-0.2, -0.15) is 0 Å². The second kappa shape index (κ2) is 7.19. The van der Waals surface area contributed by atoms with Gasteiger partial charge in [0, 0.05) is 13.3 Å². The summed E-state index contributed by atoms with van der Waals surface area (Å²) in [7, 11) is 0. The van der Waals surface area contributed by atoms with E-state index in [1.807, 2.05) is 0 Å². The number of ether oxygens (including phenoxy) is 2. The molecule has 15 heavy (non-hydrogen) atoms. The standard InChI is InChI=1S/C9H16O6/c1-3-4-8(13)15-9(7(12)5-10)14-6(2)11/h7,9-10,12H,3-5H2,1-2H3. The summed E-state index contributed by atoms with van der Waals surface area (Å²) < 4.78 is 9.19. The van der Waals surface area contributed by atoms with Crippen LogP contribution in [0.3, 0.4) is 0 Å². The summed E-state index contributed by atoms with van der Waals surface area (Å²) in [5.74, 6) is -1.28. The summed E-state index contributed by atoms with van der Waals surface area (Å²) in [6.45, 7) is 2.24. The zero-order valence-electron chi connectivity index (χ0n) is 8.80. The number of aliphatic hydroxyl groups is 2. The van der Waals surface area contributed by atoms with Gasteiger partial charge in [0.25, 0.3) is 6.29 Å². The van der Waals surface area contributed by atoms with Crippen LogP contribution >= 0.6 is 0 Å². The van der Waals surface area contributed by atoms with Crippen LogP contribution in [0.25, 0.3) is 0 Å². The van der Waals surface area contributed by atoms with E-state index in [4.69, 9.17) is 5.11 Å². The number of rotatable bonds is 6. The number of aliphatic hydroxyl groups excluding tert-OH is 2. The molecule has 0 fully saturated rings. The first-order valence-electron chi connectivity index (χ1n) is 4.66. The third kappa shape index (κ3) is 6.03. The van der Waals surface area contributed by atoms with Crippen molar-refractivity contribution in [2.75, 3.05) is 6.61 Å². The quantitative estimate of drug-likeness (QED) is 0.466. The van der Waals surface area contributed by atoms with Crippen molar-refractivity contribution in [3.05, 3.63) is 0 Å². The fourth-order valence-electron chi connectivity index (χ4n) is 0.823. The van der Waals surface area contributed by atoms with Crippen molar-refractivity contribution in [1.29, 1.82) is 0 Å². The molecule has 0 aromatic heterocycles. The van der Waals surface area contributed by atoms with Gasteiger partial charge in [-0.25, -0.2) is 0 Å². The Morgan fingerprint density at radius 3 is 2.33 bits per heavy atom. The Kier molecular flexibility index (Phi) is 6.64. The highest BCUT2D eigenvalue weighted by Gasteiger charge is 2.25. The van der Waals surface area contributed by atoms with Crippen LogP contribution in [0.5, 0.6) is 0 Å². The molecule has 2 atom stereocenters. The molecule has 0 rings (SSSR count). The van der Waals surface area contributed by atoms with E-state index in [-0.39, 0.29) is 6.42 Å². The number of carbonyl (C=O) groups excluding carboxylic acids is 2. The number of carbonyl (C=O) groups is 2. The molecule has 0 amide bonds. The average Bonchev–Trinajstić information content (AvgIpc) is 2.15. The molecule has 0 saturated heterocycles. The van der Waals surface area contributed by atoms with Crippen LogP contribution in [0.15, 0.2) is 0 Å². The molecular formula is C9H16O6. The molecule has 0 heterocycles. The Bertz CT molecular complexity index is 215. The minimum absolute atomic E-state index is 0.163. The third-order valence-electron chi connectivity index (χ3n) is 1.49. The molecular weight excluding hydrogens is 204 g/mol. The average molecular weight is 220 g/mol. The second-order valence-electron chi connectivity index (χ2n) is 2.97. The van der Waals surface area contributed by atoms with Gasteiger partial charge in [-0.15, -0.1) is 0 Å². The van der Waals surface area contributed by atoms with Gasteiger partial charge in [0.1, 0.15) is 0 Å². The highest BCUT2D eigenvalue weighted by Crippen LogP contribution is 2.05. The van der Waals surface area contributed by atoms with Crippen LogP contribution in [0.4, 0.5) is 0 Å². The van der Waals surface area contributed by atoms with E-state index >= 15 is 0 Å². The van der Waals surface area contributed by atoms with Gasteiger partial charge in [0.15, 0.2) is 6.10 Å². The van der Waals surface area contributed by atoms with Gasteiger partial charge in [0.05, 0.1) is 6.61 Å². The lowest BCUT2D eigenvalue weighted by Crippen LogP contribution is -2.37. The molecule has 0 aliphatic rings. The summed E-state index contributed by atoms with van der Waals surface area (Å²) in [6.07, 6.45) is -2.11. The molecule has 0 aliphatic heterocycles. The maximum atomic E-state index is 11.0. The van der Waals surface area contributed by atoms with Gasteiger partial charge in [-0.3, -0.25) is 9.59 Å². The zero-order valence-corrected chi connectivity index (χ0v) is 8.80. The molecule has 0 bridgehead atoms. The van der Waals surface area contributed by atoms with Crippen LogP contribution < -0.4 is 0 Å². The highest BCUT2D eigenvalue weighted by atomic mass is 16.7. The van der Waals surface area contributed by atoms with E-state index in [2.05, 4.69) is 9.47 Å². The molecule has 2 N–H and O–H groups in total. The highest BCUT2D eigenvalue weighted by molar-refractivity contribution is 5.70. The molecule has 6 heteroatoms. The summed E-state index contributed by atoms with van der Waals surface area (Å²) in [6, 6.07) is 0. The summed E-state index contributed by atoms with van der Waals surface area (Å²) in [4.78, 5) is 21.7. The Morgan fingerprint density at radius 2 is 1.93 bits per heavy atom.